The molecule has 1 nitrogen and oxygen atoms in total. The minimum absolute atomic E-state index is 0.838. The van der Waals surface area contributed by atoms with Crippen molar-refractivity contribution in [2.45, 2.75) is 38.5 Å². The Morgan fingerprint density at radius 2 is 1.88 bits per heavy atom. The van der Waals surface area contributed by atoms with Crippen molar-refractivity contribution in [2.24, 2.45) is 0 Å². The third-order valence-electron chi connectivity index (χ3n) is 3.12. The third kappa shape index (κ3) is 3.24. The molecule has 0 radical (unpaired) electrons. The molecule has 0 saturated heterocycles. The Kier molecular flexibility index (Phi) is 4.70. The average molecular weight is 283 g/mol. The number of rotatable bonds is 5. The number of aryl methyl sites for hydroxylation is 2. The van der Waals surface area contributed by atoms with Crippen molar-refractivity contribution in [1.82, 2.24) is 0 Å². The highest BCUT2D eigenvalue weighted by molar-refractivity contribution is 9.09. The lowest BCUT2D eigenvalue weighted by Crippen LogP contribution is -2.04. The molecule has 16 heavy (non-hydrogen) atoms. The van der Waals surface area contributed by atoms with Gasteiger partial charge in [-0.2, -0.15) is 0 Å². The van der Waals surface area contributed by atoms with E-state index in [0.29, 0.717) is 0 Å². The van der Waals surface area contributed by atoms with Crippen LogP contribution in [0.1, 0.15) is 36.8 Å². The van der Waals surface area contributed by atoms with Gasteiger partial charge in [-0.15, -0.1) is 0 Å². The van der Waals surface area contributed by atoms with E-state index >= 15 is 0 Å². The zero-order chi connectivity index (χ0) is 11.2. The number of ether oxygens (including phenoxy) is 1. The summed E-state index contributed by atoms with van der Waals surface area (Å²) >= 11 is 3.43. The summed E-state index contributed by atoms with van der Waals surface area (Å²) in [7, 11) is 0. The molecule has 0 fully saturated rings. The second-order valence-electron chi connectivity index (χ2n) is 4.38. The Morgan fingerprint density at radius 3 is 2.69 bits per heavy atom. The smallest absolute Gasteiger partial charge is 0.119 e. The first kappa shape index (κ1) is 12.0. The van der Waals surface area contributed by atoms with Crippen LogP contribution in [-0.2, 0) is 12.8 Å². The minimum atomic E-state index is 0.838. The molecule has 2 rings (SSSR count). The molecule has 0 saturated carbocycles. The fourth-order valence-electron chi connectivity index (χ4n) is 2.19. The molecule has 0 atom stereocenters. The largest absolute Gasteiger partial charge is 0.494 e. The van der Waals surface area contributed by atoms with E-state index in [1.54, 1.807) is 0 Å². The van der Waals surface area contributed by atoms with Crippen molar-refractivity contribution in [3.05, 3.63) is 29.3 Å². The first-order chi connectivity index (χ1) is 7.90. The molecule has 0 aromatic heterocycles. The Balaban J connectivity index is 1.90. The second kappa shape index (κ2) is 6.29. The third-order valence-corrected chi connectivity index (χ3v) is 3.68. The first-order valence-corrected chi connectivity index (χ1v) is 7.33. The number of unbranched alkanes of at least 4 members (excludes halogenated alkanes) is 1. The topological polar surface area (TPSA) is 9.23 Å². The number of benzene rings is 1. The van der Waals surface area contributed by atoms with Crippen molar-refractivity contribution in [3.8, 4) is 5.75 Å². The van der Waals surface area contributed by atoms with Gasteiger partial charge in [0.15, 0.2) is 0 Å². The maximum atomic E-state index is 5.75. The molecule has 88 valence electrons. The summed E-state index contributed by atoms with van der Waals surface area (Å²) in [5.74, 6) is 1.05. The highest BCUT2D eigenvalue weighted by atomic mass is 79.9. The molecule has 2 heteroatoms. The molecule has 0 N–H and O–H groups in total. The van der Waals surface area contributed by atoms with E-state index in [4.69, 9.17) is 4.74 Å². The van der Waals surface area contributed by atoms with Gasteiger partial charge in [0.2, 0.25) is 0 Å². The number of hydrogen-bond donors (Lipinski definition) is 0. The van der Waals surface area contributed by atoms with Gasteiger partial charge in [-0.05, 0) is 61.8 Å². The molecule has 0 amide bonds. The van der Waals surface area contributed by atoms with E-state index in [1.807, 2.05) is 0 Å². The van der Waals surface area contributed by atoms with Gasteiger partial charge >= 0.3 is 0 Å². The van der Waals surface area contributed by atoms with Gasteiger partial charge in [0.05, 0.1) is 6.61 Å². The maximum absolute atomic E-state index is 5.75. The van der Waals surface area contributed by atoms with E-state index in [9.17, 15) is 0 Å². The zero-order valence-electron chi connectivity index (χ0n) is 9.68. The van der Waals surface area contributed by atoms with Crippen molar-refractivity contribution < 1.29 is 4.74 Å². The SMILES string of the molecule is BrCCCCOc1ccc2c(c1)CCCC2. The van der Waals surface area contributed by atoms with Gasteiger partial charge in [0.1, 0.15) is 5.75 Å². The summed E-state index contributed by atoms with van der Waals surface area (Å²) in [4.78, 5) is 0. The molecular formula is C14H19BrO. The lowest BCUT2D eigenvalue weighted by molar-refractivity contribution is 0.309. The van der Waals surface area contributed by atoms with E-state index in [1.165, 1.54) is 43.2 Å². The van der Waals surface area contributed by atoms with Crippen molar-refractivity contribution in [1.29, 1.82) is 0 Å². The maximum Gasteiger partial charge on any atom is 0.119 e. The quantitative estimate of drug-likeness (QED) is 0.583. The average Bonchev–Trinajstić information content (AvgIpc) is 2.34. The van der Waals surface area contributed by atoms with Crippen LogP contribution in [0, 0.1) is 0 Å². The van der Waals surface area contributed by atoms with Crippen LogP contribution in [0.3, 0.4) is 0 Å². The number of halogens is 1. The Labute approximate surface area is 106 Å². The summed E-state index contributed by atoms with van der Waals surface area (Å²) in [5, 5.41) is 1.07. The van der Waals surface area contributed by atoms with Gasteiger partial charge in [0, 0.05) is 5.33 Å². The molecule has 0 spiro atoms. The minimum Gasteiger partial charge on any atom is -0.494 e. The molecular weight excluding hydrogens is 264 g/mol. The predicted octanol–water partition coefficient (Wildman–Crippen LogP) is 4.12. The molecule has 0 heterocycles. The summed E-state index contributed by atoms with van der Waals surface area (Å²) in [6.07, 6.45) is 7.47. The van der Waals surface area contributed by atoms with Gasteiger partial charge in [-0.25, -0.2) is 0 Å². The molecule has 1 aromatic rings. The highest BCUT2D eigenvalue weighted by Crippen LogP contribution is 2.25. The summed E-state index contributed by atoms with van der Waals surface area (Å²) in [5.41, 5.74) is 3.03. The van der Waals surface area contributed by atoms with E-state index in [2.05, 4.69) is 34.1 Å². The fraction of sp³-hybridized carbons (Fsp3) is 0.571. The predicted molar refractivity (Wildman–Crippen MR) is 71.6 cm³/mol. The van der Waals surface area contributed by atoms with Crippen LogP contribution in [0.15, 0.2) is 18.2 Å². The Bertz CT molecular complexity index is 336. The van der Waals surface area contributed by atoms with Crippen molar-refractivity contribution >= 4 is 15.9 Å². The molecule has 0 unspecified atom stereocenters. The van der Waals surface area contributed by atoms with E-state index < -0.39 is 0 Å². The monoisotopic (exact) mass is 282 g/mol. The summed E-state index contributed by atoms with van der Waals surface area (Å²) < 4.78 is 5.75. The van der Waals surface area contributed by atoms with Gasteiger partial charge < -0.3 is 4.74 Å². The van der Waals surface area contributed by atoms with Crippen LogP contribution in [0.4, 0.5) is 0 Å². The van der Waals surface area contributed by atoms with Gasteiger partial charge in [-0.3, -0.25) is 0 Å². The van der Waals surface area contributed by atoms with Crippen molar-refractivity contribution in [3.63, 3.8) is 0 Å². The van der Waals surface area contributed by atoms with Crippen LogP contribution < -0.4 is 4.74 Å². The Hall–Kier alpha value is -0.500. The first-order valence-electron chi connectivity index (χ1n) is 6.21. The van der Waals surface area contributed by atoms with Crippen molar-refractivity contribution in [2.75, 3.05) is 11.9 Å². The number of hydrogen-bond acceptors (Lipinski definition) is 1. The molecule has 1 aromatic carbocycles. The molecule has 0 bridgehead atoms. The van der Waals surface area contributed by atoms with Gasteiger partial charge in [0.25, 0.3) is 0 Å². The fourth-order valence-corrected chi connectivity index (χ4v) is 2.58. The summed E-state index contributed by atoms with van der Waals surface area (Å²) in [6.45, 7) is 0.838. The lowest BCUT2D eigenvalue weighted by atomic mass is 9.92. The summed E-state index contributed by atoms with van der Waals surface area (Å²) in [6, 6.07) is 6.61. The zero-order valence-corrected chi connectivity index (χ0v) is 11.3. The molecule has 0 aliphatic heterocycles. The van der Waals surface area contributed by atoms with Gasteiger partial charge in [-0.1, -0.05) is 22.0 Å². The van der Waals surface area contributed by atoms with Crippen LogP contribution in [0.5, 0.6) is 5.75 Å². The van der Waals surface area contributed by atoms with E-state index in [0.717, 1.165) is 24.1 Å². The van der Waals surface area contributed by atoms with Crippen LogP contribution in [-0.4, -0.2) is 11.9 Å². The molecule has 1 aliphatic rings. The second-order valence-corrected chi connectivity index (χ2v) is 5.18. The Morgan fingerprint density at radius 1 is 1.06 bits per heavy atom. The van der Waals surface area contributed by atoms with Crippen LogP contribution >= 0.6 is 15.9 Å². The van der Waals surface area contributed by atoms with Crippen LogP contribution in [0.25, 0.3) is 0 Å². The number of alkyl halides is 1. The normalized spacial score (nSPS) is 14.6. The lowest BCUT2D eigenvalue weighted by Gasteiger charge is -2.16. The highest BCUT2D eigenvalue weighted by Gasteiger charge is 2.09. The van der Waals surface area contributed by atoms with E-state index in [-0.39, 0.29) is 0 Å². The standard InChI is InChI=1S/C14H19BrO/c15-9-3-4-10-16-14-8-7-12-5-1-2-6-13(12)11-14/h7-8,11H,1-6,9-10H2. The van der Waals surface area contributed by atoms with Crippen LogP contribution in [0.2, 0.25) is 0 Å². The number of fused-ring (bicyclic) bond motifs is 1. The molecule has 1 aliphatic carbocycles.